The average molecular weight is 309 g/mol. The summed E-state index contributed by atoms with van der Waals surface area (Å²) in [5.74, 6) is -0.380. The Morgan fingerprint density at radius 3 is 2.82 bits per heavy atom. The van der Waals surface area contributed by atoms with Crippen molar-refractivity contribution in [2.24, 2.45) is 0 Å². The molecule has 0 bridgehead atoms. The first-order chi connectivity index (χ1) is 10.3. The number of hydrogen-bond acceptors (Lipinski definition) is 5. The molecule has 22 heavy (non-hydrogen) atoms. The Balaban J connectivity index is 1.88. The Bertz CT molecular complexity index is 678. The van der Waals surface area contributed by atoms with Crippen molar-refractivity contribution in [3.05, 3.63) is 23.8 Å². The summed E-state index contributed by atoms with van der Waals surface area (Å²) in [6.45, 7) is 7.82. The molecule has 0 unspecified atom stereocenters. The molecule has 0 aromatic carbocycles. The summed E-state index contributed by atoms with van der Waals surface area (Å²) in [6.07, 6.45) is 2.37. The van der Waals surface area contributed by atoms with Crippen LogP contribution in [0.25, 0.3) is 5.65 Å². The fourth-order valence-corrected chi connectivity index (χ4v) is 1.79. The number of carbonyl (C=O) groups excluding carboxylic acids is 1. The van der Waals surface area contributed by atoms with Gasteiger partial charge in [0.2, 0.25) is 0 Å². The van der Waals surface area contributed by atoms with E-state index in [1.54, 1.807) is 27.0 Å². The molecule has 2 aromatic heterocycles. The normalized spacial score (nSPS) is 11.5. The van der Waals surface area contributed by atoms with E-state index in [1.165, 1.54) is 10.7 Å². The van der Waals surface area contributed by atoms with Crippen LogP contribution in [-0.4, -0.2) is 39.4 Å². The summed E-state index contributed by atoms with van der Waals surface area (Å²) in [5, 5.41) is 9.41. The molecule has 0 aliphatic heterocycles. The van der Waals surface area contributed by atoms with E-state index in [1.807, 2.05) is 6.92 Å². The number of alkyl carbamates (subject to hydrolysis) is 1. The largest absolute Gasteiger partial charge is 0.444 e. The molecule has 2 aromatic rings. The van der Waals surface area contributed by atoms with Gasteiger partial charge in [0.25, 0.3) is 0 Å². The Morgan fingerprint density at radius 1 is 1.41 bits per heavy atom. The van der Waals surface area contributed by atoms with Gasteiger partial charge in [-0.1, -0.05) is 0 Å². The number of aryl methyl sites for hydroxylation is 1. The van der Waals surface area contributed by atoms with Crippen molar-refractivity contribution in [1.29, 1.82) is 0 Å². The van der Waals surface area contributed by atoms with Crippen LogP contribution in [0.4, 0.5) is 15.0 Å². The lowest BCUT2D eigenvalue weighted by Gasteiger charge is -2.19. The molecular weight excluding hydrogens is 289 g/mol. The zero-order chi connectivity index (χ0) is 16.3. The van der Waals surface area contributed by atoms with Crippen molar-refractivity contribution in [2.45, 2.75) is 33.3 Å². The molecule has 120 valence electrons. The minimum Gasteiger partial charge on any atom is -0.444 e. The molecule has 7 nitrogen and oxygen atoms in total. The van der Waals surface area contributed by atoms with Crippen LogP contribution in [0.3, 0.4) is 0 Å². The number of anilines is 1. The average Bonchev–Trinajstić information content (AvgIpc) is 2.73. The molecule has 8 heteroatoms. The second-order valence-electron chi connectivity index (χ2n) is 5.89. The Labute approximate surface area is 127 Å². The van der Waals surface area contributed by atoms with Gasteiger partial charge in [0.1, 0.15) is 5.60 Å². The van der Waals surface area contributed by atoms with Crippen LogP contribution in [0, 0.1) is 12.7 Å². The van der Waals surface area contributed by atoms with Crippen molar-refractivity contribution >= 4 is 17.6 Å². The summed E-state index contributed by atoms with van der Waals surface area (Å²) >= 11 is 0. The second kappa shape index (κ2) is 6.17. The molecule has 2 N–H and O–H groups in total. The van der Waals surface area contributed by atoms with Crippen LogP contribution >= 0.6 is 0 Å². The van der Waals surface area contributed by atoms with Gasteiger partial charge in [0, 0.05) is 18.7 Å². The zero-order valence-electron chi connectivity index (χ0n) is 13.1. The van der Waals surface area contributed by atoms with E-state index >= 15 is 0 Å². The Kier molecular flexibility index (Phi) is 4.48. The minimum atomic E-state index is -0.546. The van der Waals surface area contributed by atoms with E-state index in [0.29, 0.717) is 18.7 Å². The maximum absolute atomic E-state index is 13.8. The van der Waals surface area contributed by atoms with Gasteiger partial charge in [-0.15, -0.1) is 0 Å². The van der Waals surface area contributed by atoms with Crippen LogP contribution in [-0.2, 0) is 4.74 Å². The lowest BCUT2D eigenvalue weighted by molar-refractivity contribution is 0.0530. The van der Waals surface area contributed by atoms with Gasteiger partial charge in [-0.05, 0) is 27.7 Å². The Morgan fingerprint density at radius 2 is 2.14 bits per heavy atom. The summed E-state index contributed by atoms with van der Waals surface area (Å²) in [4.78, 5) is 15.6. The second-order valence-corrected chi connectivity index (χ2v) is 5.89. The predicted molar refractivity (Wildman–Crippen MR) is 80.4 cm³/mol. The lowest BCUT2D eigenvalue weighted by Crippen LogP contribution is -2.35. The maximum Gasteiger partial charge on any atom is 0.407 e. The number of aromatic nitrogens is 3. The fourth-order valence-electron chi connectivity index (χ4n) is 1.79. The quantitative estimate of drug-likeness (QED) is 0.846. The monoisotopic (exact) mass is 309 g/mol. The number of amides is 1. The van der Waals surface area contributed by atoms with Gasteiger partial charge in [0.15, 0.2) is 17.3 Å². The van der Waals surface area contributed by atoms with Crippen molar-refractivity contribution in [1.82, 2.24) is 19.9 Å². The van der Waals surface area contributed by atoms with E-state index in [4.69, 9.17) is 4.74 Å². The number of halogens is 1. The van der Waals surface area contributed by atoms with Crippen LogP contribution in [0.5, 0.6) is 0 Å². The highest BCUT2D eigenvalue weighted by Gasteiger charge is 2.15. The highest BCUT2D eigenvalue weighted by atomic mass is 19.1. The zero-order valence-corrected chi connectivity index (χ0v) is 13.1. The number of nitrogens with one attached hydrogen (secondary N) is 2. The molecule has 2 rings (SSSR count). The van der Waals surface area contributed by atoms with Gasteiger partial charge in [-0.3, -0.25) is 0 Å². The Hall–Kier alpha value is -2.38. The number of fused-ring (bicyclic) bond motifs is 1. The SMILES string of the molecule is Cc1cnn2cc(F)c(NCCNC(=O)OC(C)(C)C)nc12. The molecule has 2 heterocycles. The van der Waals surface area contributed by atoms with Crippen LogP contribution in [0.15, 0.2) is 12.4 Å². The maximum atomic E-state index is 13.8. The van der Waals surface area contributed by atoms with Crippen LogP contribution in [0.1, 0.15) is 26.3 Å². The van der Waals surface area contributed by atoms with E-state index < -0.39 is 17.5 Å². The molecule has 0 aliphatic rings. The van der Waals surface area contributed by atoms with Gasteiger partial charge < -0.3 is 15.4 Å². The van der Waals surface area contributed by atoms with Crippen molar-refractivity contribution in [3.63, 3.8) is 0 Å². The highest BCUT2D eigenvalue weighted by Crippen LogP contribution is 2.14. The number of rotatable bonds is 4. The standard InChI is InChI=1S/C14H20FN5O2/c1-9-7-18-20-8-10(15)11(19-12(9)20)16-5-6-17-13(21)22-14(2,3)4/h7-8H,5-6H2,1-4H3,(H,16,19)(H,17,21). The molecular formula is C14H20FN5O2. The summed E-state index contributed by atoms with van der Waals surface area (Å²) < 4.78 is 20.3. The first-order valence-corrected chi connectivity index (χ1v) is 6.97. The third-order valence-electron chi connectivity index (χ3n) is 2.71. The number of nitrogens with zero attached hydrogens (tertiary/aromatic N) is 3. The smallest absolute Gasteiger partial charge is 0.407 e. The molecule has 0 atom stereocenters. The van der Waals surface area contributed by atoms with E-state index in [0.717, 1.165) is 5.56 Å². The number of hydrogen-bond donors (Lipinski definition) is 2. The number of carbonyl (C=O) groups is 1. The van der Waals surface area contributed by atoms with Crippen molar-refractivity contribution in [2.75, 3.05) is 18.4 Å². The van der Waals surface area contributed by atoms with Gasteiger partial charge >= 0.3 is 6.09 Å². The van der Waals surface area contributed by atoms with Crippen molar-refractivity contribution in [3.8, 4) is 0 Å². The topological polar surface area (TPSA) is 80.5 Å². The van der Waals surface area contributed by atoms with Crippen LogP contribution < -0.4 is 10.6 Å². The molecule has 0 fully saturated rings. The molecule has 0 aliphatic carbocycles. The molecule has 0 saturated heterocycles. The first-order valence-electron chi connectivity index (χ1n) is 6.97. The predicted octanol–water partition coefficient (Wildman–Crippen LogP) is 2.11. The first kappa shape index (κ1) is 16.0. The van der Waals surface area contributed by atoms with Gasteiger partial charge in [0.05, 0.1) is 12.4 Å². The highest BCUT2D eigenvalue weighted by molar-refractivity contribution is 5.67. The van der Waals surface area contributed by atoms with Gasteiger partial charge in [-0.2, -0.15) is 5.10 Å². The van der Waals surface area contributed by atoms with Crippen LogP contribution in [0.2, 0.25) is 0 Å². The molecule has 0 saturated carbocycles. The summed E-state index contributed by atoms with van der Waals surface area (Å²) in [6, 6.07) is 0. The third-order valence-corrected chi connectivity index (χ3v) is 2.71. The van der Waals surface area contributed by atoms with E-state index in [9.17, 15) is 9.18 Å². The number of ether oxygens (including phenoxy) is 1. The molecule has 0 spiro atoms. The molecule has 0 radical (unpaired) electrons. The van der Waals surface area contributed by atoms with Gasteiger partial charge in [-0.25, -0.2) is 18.7 Å². The minimum absolute atomic E-state index is 0.127. The third kappa shape index (κ3) is 4.06. The van der Waals surface area contributed by atoms with Crippen molar-refractivity contribution < 1.29 is 13.9 Å². The molecule has 1 amide bonds. The summed E-state index contributed by atoms with van der Waals surface area (Å²) in [5.41, 5.74) is 0.898. The van der Waals surface area contributed by atoms with E-state index in [-0.39, 0.29) is 5.82 Å². The fraction of sp³-hybridized carbons (Fsp3) is 0.500. The summed E-state index contributed by atoms with van der Waals surface area (Å²) in [7, 11) is 0. The lowest BCUT2D eigenvalue weighted by atomic mass is 10.2. The van der Waals surface area contributed by atoms with E-state index in [2.05, 4.69) is 20.7 Å².